The highest BCUT2D eigenvalue weighted by molar-refractivity contribution is 5.98. The SMILES string of the molecule is CN(C)CC(=O)c1ccc2c(c1)Cc1cc(C(=O)CN(C)C)ccc1O2.Cl.Cl. The largest absolute Gasteiger partial charge is 0.457 e. The monoisotopic (exact) mass is 424 g/mol. The van der Waals surface area contributed by atoms with E-state index < -0.39 is 0 Å². The summed E-state index contributed by atoms with van der Waals surface area (Å²) < 4.78 is 5.97. The van der Waals surface area contributed by atoms with Gasteiger partial charge in [0.25, 0.3) is 0 Å². The zero-order valence-corrected chi connectivity index (χ0v) is 18.2. The fourth-order valence-corrected chi connectivity index (χ4v) is 3.06. The van der Waals surface area contributed by atoms with Crippen LogP contribution in [0.15, 0.2) is 36.4 Å². The lowest BCUT2D eigenvalue weighted by Crippen LogP contribution is -2.22. The Labute approximate surface area is 178 Å². The van der Waals surface area contributed by atoms with Gasteiger partial charge in [0.2, 0.25) is 0 Å². The zero-order chi connectivity index (χ0) is 18.8. The van der Waals surface area contributed by atoms with Crippen LogP contribution in [0.3, 0.4) is 0 Å². The van der Waals surface area contributed by atoms with Gasteiger partial charge < -0.3 is 14.5 Å². The number of hydrogen-bond acceptors (Lipinski definition) is 5. The van der Waals surface area contributed by atoms with E-state index in [9.17, 15) is 9.59 Å². The van der Waals surface area contributed by atoms with Crippen LogP contribution in [0.25, 0.3) is 0 Å². The summed E-state index contributed by atoms with van der Waals surface area (Å²) in [6.07, 6.45) is 0.650. The quantitative estimate of drug-likeness (QED) is 0.564. The number of nitrogens with zero attached hydrogens (tertiary/aromatic N) is 2. The molecule has 1 heterocycles. The van der Waals surface area contributed by atoms with Crippen molar-refractivity contribution in [3.63, 3.8) is 0 Å². The Kier molecular flexibility index (Phi) is 8.64. The maximum absolute atomic E-state index is 12.3. The molecule has 1 aliphatic rings. The molecule has 0 aliphatic carbocycles. The Morgan fingerprint density at radius 3 is 1.54 bits per heavy atom. The number of hydrogen-bond donors (Lipinski definition) is 0. The van der Waals surface area contributed by atoms with Gasteiger partial charge in [-0.15, -0.1) is 24.8 Å². The maximum Gasteiger partial charge on any atom is 0.176 e. The van der Waals surface area contributed by atoms with E-state index in [2.05, 4.69) is 0 Å². The average molecular weight is 425 g/mol. The smallest absolute Gasteiger partial charge is 0.176 e. The minimum absolute atomic E-state index is 0. The Hall–Kier alpha value is -1.92. The van der Waals surface area contributed by atoms with E-state index in [1.165, 1.54) is 0 Å². The van der Waals surface area contributed by atoms with Crippen LogP contribution in [0.2, 0.25) is 0 Å². The lowest BCUT2D eigenvalue weighted by Gasteiger charge is -2.21. The number of likely N-dealkylation sites (N-methyl/N-ethyl adjacent to an activating group) is 2. The molecular weight excluding hydrogens is 399 g/mol. The summed E-state index contributed by atoms with van der Waals surface area (Å²) in [5, 5.41) is 0. The Balaban J connectivity index is 0.00000196. The zero-order valence-electron chi connectivity index (χ0n) is 16.5. The molecule has 0 amide bonds. The summed E-state index contributed by atoms with van der Waals surface area (Å²) >= 11 is 0. The summed E-state index contributed by atoms with van der Waals surface area (Å²) in [5.74, 6) is 1.70. The number of benzene rings is 2. The van der Waals surface area contributed by atoms with E-state index in [4.69, 9.17) is 4.74 Å². The van der Waals surface area contributed by atoms with E-state index in [0.717, 1.165) is 22.6 Å². The van der Waals surface area contributed by atoms with Gasteiger partial charge in [0, 0.05) is 28.7 Å². The van der Waals surface area contributed by atoms with E-state index in [-0.39, 0.29) is 36.4 Å². The molecule has 0 bridgehead atoms. The van der Waals surface area contributed by atoms with Gasteiger partial charge in [-0.3, -0.25) is 9.59 Å². The number of fused-ring (bicyclic) bond motifs is 2. The van der Waals surface area contributed by atoms with Gasteiger partial charge in [0.15, 0.2) is 11.6 Å². The second kappa shape index (κ2) is 10.0. The number of carbonyl (C=O) groups excluding carboxylic acids is 2. The highest BCUT2D eigenvalue weighted by Crippen LogP contribution is 2.37. The van der Waals surface area contributed by atoms with Gasteiger partial charge in [-0.05, 0) is 64.6 Å². The molecule has 5 nitrogen and oxygen atoms in total. The van der Waals surface area contributed by atoms with E-state index in [1.807, 2.05) is 74.4 Å². The van der Waals surface area contributed by atoms with Crippen LogP contribution in [0.1, 0.15) is 31.8 Å². The molecule has 0 fully saturated rings. The first kappa shape index (κ1) is 24.1. The van der Waals surface area contributed by atoms with Crippen molar-refractivity contribution in [3.8, 4) is 11.5 Å². The van der Waals surface area contributed by atoms with Gasteiger partial charge in [-0.2, -0.15) is 0 Å². The Bertz CT molecular complexity index is 797. The molecule has 28 heavy (non-hydrogen) atoms. The van der Waals surface area contributed by atoms with Crippen LogP contribution in [0.4, 0.5) is 0 Å². The summed E-state index contributed by atoms with van der Waals surface area (Å²) in [7, 11) is 7.51. The van der Waals surface area contributed by atoms with E-state index in [0.29, 0.717) is 30.6 Å². The van der Waals surface area contributed by atoms with Crippen LogP contribution in [0.5, 0.6) is 11.5 Å². The molecule has 0 radical (unpaired) electrons. The molecule has 7 heteroatoms. The number of carbonyl (C=O) groups is 2. The lowest BCUT2D eigenvalue weighted by atomic mass is 9.95. The van der Waals surface area contributed by atoms with Crippen molar-refractivity contribution < 1.29 is 14.3 Å². The van der Waals surface area contributed by atoms with Crippen LogP contribution in [-0.4, -0.2) is 62.6 Å². The standard InChI is InChI=1S/C21H24N2O3.2ClH/c1-22(2)12-18(24)14-5-7-20-16(9-14)11-17-10-15(6-8-21(17)26-20)19(25)13-23(3)4;;/h5-10H,11-13H2,1-4H3;2*1H. The minimum atomic E-state index is 0. The van der Waals surface area contributed by atoms with Crippen molar-refractivity contribution in [2.45, 2.75) is 6.42 Å². The van der Waals surface area contributed by atoms with Crippen molar-refractivity contribution in [2.75, 3.05) is 41.3 Å². The van der Waals surface area contributed by atoms with Crippen molar-refractivity contribution >= 4 is 36.4 Å². The first-order valence-corrected chi connectivity index (χ1v) is 8.63. The molecule has 0 unspecified atom stereocenters. The van der Waals surface area contributed by atoms with Gasteiger partial charge in [0.05, 0.1) is 13.1 Å². The van der Waals surface area contributed by atoms with Gasteiger partial charge in [-0.1, -0.05) is 0 Å². The van der Waals surface area contributed by atoms with Gasteiger partial charge >= 0.3 is 0 Å². The fourth-order valence-electron chi connectivity index (χ4n) is 3.06. The average Bonchev–Trinajstić information content (AvgIpc) is 2.57. The normalized spacial score (nSPS) is 11.6. The van der Waals surface area contributed by atoms with E-state index in [1.54, 1.807) is 0 Å². The summed E-state index contributed by atoms with van der Waals surface area (Å²) in [5.41, 5.74) is 3.31. The molecule has 0 saturated carbocycles. The lowest BCUT2D eigenvalue weighted by molar-refractivity contribution is 0.0949. The third-order valence-electron chi connectivity index (χ3n) is 4.29. The molecule has 0 N–H and O–H groups in total. The highest BCUT2D eigenvalue weighted by Gasteiger charge is 2.20. The van der Waals surface area contributed by atoms with Crippen LogP contribution < -0.4 is 4.74 Å². The molecule has 0 spiro atoms. The van der Waals surface area contributed by atoms with Crippen molar-refractivity contribution in [3.05, 3.63) is 58.7 Å². The highest BCUT2D eigenvalue weighted by atomic mass is 35.5. The second-order valence-electron chi connectivity index (χ2n) is 7.25. The second-order valence-corrected chi connectivity index (χ2v) is 7.25. The predicted octanol–water partition coefficient (Wildman–Crippen LogP) is 3.72. The summed E-state index contributed by atoms with van der Waals surface area (Å²) in [6, 6.07) is 11.1. The van der Waals surface area contributed by atoms with Crippen LogP contribution in [0, 0.1) is 0 Å². The molecule has 0 aromatic heterocycles. The molecule has 0 saturated heterocycles. The molecule has 3 rings (SSSR count). The molecule has 0 atom stereocenters. The van der Waals surface area contributed by atoms with Gasteiger partial charge in [0.1, 0.15) is 11.5 Å². The molecule has 1 aliphatic heterocycles. The predicted molar refractivity (Wildman–Crippen MR) is 116 cm³/mol. The topological polar surface area (TPSA) is 49.9 Å². The molecule has 2 aromatic carbocycles. The first-order valence-electron chi connectivity index (χ1n) is 8.63. The molecular formula is C21H26Cl2N2O3. The van der Waals surface area contributed by atoms with Gasteiger partial charge in [-0.25, -0.2) is 0 Å². The third kappa shape index (κ3) is 5.55. The van der Waals surface area contributed by atoms with Crippen molar-refractivity contribution in [1.29, 1.82) is 0 Å². The first-order chi connectivity index (χ1) is 12.3. The number of rotatable bonds is 6. The summed E-state index contributed by atoms with van der Waals surface area (Å²) in [6.45, 7) is 0.749. The molecule has 2 aromatic rings. The third-order valence-corrected chi connectivity index (χ3v) is 4.29. The molecule has 152 valence electrons. The van der Waals surface area contributed by atoms with Crippen molar-refractivity contribution in [2.24, 2.45) is 0 Å². The van der Waals surface area contributed by atoms with E-state index >= 15 is 0 Å². The van der Waals surface area contributed by atoms with Crippen molar-refractivity contribution in [1.82, 2.24) is 9.80 Å². The number of ketones is 2. The fraction of sp³-hybridized carbons (Fsp3) is 0.333. The maximum atomic E-state index is 12.3. The Morgan fingerprint density at radius 1 is 0.786 bits per heavy atom. The number of halogens is 2. The minimum Gasteiger partial charge on any atom is -0.457 e. The summed E-state index contributed by atoms with van der Waals surface area (Å²) in [4.78, 5) is 28.3. The van der Waals surface area contributed by atoms with Crippen LogP contribution in [-0.2, 0) is 6.42 Å². The van der Waals surface area contributed by atoms with Crippen LogP contribution >= 0.6 is 24.8 Å². The number of Topliss-reactive ketones (excluding diaryl/α,β-unsaturated/α-hetero) is 2. The number of ether oxygens (including phenoxy) is 1. The Morgan fingerprint density at radius 2 is 1.18 bits per heavy atom.